The van der Waals surface area contributed by atoms with Gasteiger partial charge < -0.3 is 5.32 Å². The Morgan fingerprint density at radius 2 is 1.88 bits per heavy atom. The first-order chi connectivity index (χ1) is 12.5. The van der Waals surface area contributed by atoms with E-state index in [1.165, 1.54) is 56.2 Å². The van der Waals surface area contributed by atoms with Crippen molar-refractivity contribution >= 4 is 6.08 Å². The second kappa shape index (κ2) is 6.23. The lowest BCUT2D eigenvalue weighted by Crippen LogP contribution is -2.48. The van der Waals surface area contributed by atoms with Gasteiger partial charge in [0, 0.05) is 6.04 Å². The maximum Gasteiger partial charge on any atom is 0.00982 e. The van der Waals surface area contributed by atoms with Crippen molar-refractivity contribution in [1.82, 2.24) is 5.32 Å². The molecule has 0 spiro atoms. The van der Waals surface area contributed by atoms with Gasteiger partial charge in [0.05, 0.1) is 0 Å². The minimum absolute atomic E-state index is 0.319. The van der Waals surface area contributed by atoms with E-state index in [2.05, 4.69) is 56.4 Å². The number of allylic oxidation sites excluding steroid dienone is 1. The molecule has 1 heterocycles. The highest BCUT2D eigenvalue weighted by molar-refractivity contribution is 5.65. The van der Waals surface area contributed by atoms with Crippen molar-refractivity contribution in [2.45, 2.75) is 65.3 Å². The third kappa shape index (κ3) is 2.61. The van der Waals surface area contributed by atoms with Gasteiger partial charge in [-0.1, -0.05) is 56.7 Å². The summed E-state index contributed by atoms with van der Waals surface area (Å²) in [5, 5.41) is 3.89. The molecule has 0 bridgehead atoms. The smallest absolute Gasteiger partial charge is 0.00982 e. The highest BCUT2D eigenvalue weighted by atomic mass is 14.9. The van der Waals surface area contributed by atoms with Crippen molar-refractivity contribution < 1.29 is 0 Å². The molecule has 1 aliphatic heterocycles. The molecule has 1 heteroatoms. The van der Waals surface area contributed by atoms with Crippen molar-refractivity contribution in [3.63, 3.8) is 0 Å². The van der Waals surface area contributed by atoms with Crippen LogP contribution in [-0.4, -0.2) is 12.6 Å². The van der Waals surface area contributed by atoms with Crippen LogP contribution in [-0.2, 0) is 6.42 Å². The van der Waals surface area contributed by atoms with E-state index >= 15 is 0 Å². The molecule has 3 aliphatic carbocycles. The molecule has 4 aliphatic rings. The highest BCUT2D eigenvalue weighted by Crippen LogP contribution is 2.59. The van der Waals surface area contributed by atoms with Crippen LogP contribution in [0, 0.1) is 35.0 Å². The van der Waals surface area contributed by atoms with E-state index < -0.39 is 0 Å². The van der Waals surface area contributed by atoms with Gasteiger partial charge in [-0.05, 0) is 91.2 Å². The van der Waals surface area contributed by atoms with E-state index in [4.69, 9.17) is 0 Å². The molecular weight excluding hydrogens is 314 g/mol. The second-order valence-electron chi connectivity index (χ2n) is 10.4. The van der Waals surface area contributed by atoms with Gasteiger partial charge in [0.1, 0.15) is 0 Å². The average Bonchev–Trinajstić information content (AvgIpc) is 3.20. The summed E-state index contributed by atoms with van der Waals surface area (Å²) < 4.78 is 0. The lowest BCUT2D eigenvalue weighted by atomic mass is 9.60. The topological polar surface area (TPSA) is 12.0 Å². The molecule has 1 saturated heterocycles. The fourth-order valence-electron chi connectivity index (χ4n) is 7.54. The zero-order chi connectivity index (χ0) is 17.9. The van der Waals surface area contributed by atoms with Crippen LogP contribution in [0.1, 0.15) is 64.0 Å². The van der Waals surface area contributed by atoms with Crippen LogP contribution in [0.25, 0.3) is 6.08 Å². The number of piperidine rings is 1. The molecule has 1 nitrogen and oxygen atoms in total. The summed E-state index contributed by atoms with van der Waals surface area (Å²) in [5.74, 6) is 4.59. The lowest BCUT2D eigenvalue weighted by Gasteiger charge is -2.47. The van der Waals surface area contributed by atoms with Gasteiger partial charge in [-0.15, -0.1) is 0 Å². The molecule has 0 aromatic heterocycles. The Morgan fingerprint density at radius 1 is 1.04 bits per heavy atom. The average molecular weight is 350 g/mol. The summed E-state index contributed by atoms with van der Waals surface area (Å²) in [6, 6.07) is 9.83. The molecule has 6 atom stereocenters. The maximum absolute atomic E-state index is 3.89. The van der Waals surface area contributed by atoms with Gasteiger partial charge in [0.15, 0.2) is 0 Å². The first-order valence-electron chi connectivity index (χ1n) is 11.1. The van der Waals surface area contributed by atoms with Crippen LogP contribution in [0.4, 0.5) is 0 Å². The van der Waals surface area contributed by atoms with E-state index in [1.807, 2.05) is 0 Å². The Kier molecular flexibility index (Phi) is 4.08. The Balaban J connectivity index is 1.42. The molecule has 1 aromatic rings. The van der Waals surface area contributed by atoms with Crippen molar-refractivity contribution in [3.8, 4) is 0 Å². The summed E-state index contributed by atoms with van der Waals surface area (Å²) in [6.45, 7) is 8.94. The SMILES string of the molecule is CC1CC2CC3CCCNC3CC2C1C(C)(C)C1=Cc2ccccc2C1. The molecule has 0 radical (unpaired) electrons. The molecule has 140 valence electrons. The van der Waals surface area contributed by atoms with Gasteiger partial charge in [-0.3, -0.25) is 0 Å². The fourth-order valence-corrected chi connectivity index (χ4v) is 7.54. The normalized spacial score (nSPS) is 39.1. The van der Waals surface area contributed by atoms with E-state index in [0.717, 1.165) is 35.6 Å². The Morgan fingerprint density at radius 3 is 2.73 bits per heavy atom. The molecular formula is C25H35N. The standard InChI is InChI=1S/C25H35N/c1-16-11-20-12-19-9-6-10-26-23(19)15-22(20)24(16)25(2,3)21-13-17-7-4-5-8-18(17)14-21/h4-5,7-8,13,16,19-20,22-24,26H,6,9-12,14-15H2,1-3H3. The monoisotopic (exact) mass is 349 g/mol. The van der Waals surface area contributed by atoms with E-state index in [1.54, 1.807) is 5.57 Å². The van der Waals surface area contributed by atoms with E-state index in [0.29, 0.717) is 5.41 Å². The van der Waals surface area contributed by atoms with Gasteiger partial charge in [0.25, 0.3) is 0 Å². The van der Waals surface area contributed by atoms with Crippen LogP contribution < -0.4 is 5.32 Å². The first kappa shape index (κ1) is 17.0. The number of rotatable bonds is 2. The van der Waals surface area contributed by atoms with Crippen LogP contribution in [0.5, 0.6) is 0 Å². The zero-order valence-electron chi connectivity index (χ0n) is 16.8. The molecule has 0 amide bonds. The predicted molar refractivity (Wildman–Crippen MR) is 110 cm³/mol. The summed E-state index contributed by atoms with van der Waals surface area (Å²) >= 11 is 0. The quantitative estimate of drug-likeness (QED) is 0.722. The Hall–Kier alpha value is -1.08. The number of benzene rings is 1. The van der Waals surface area contributed by atoms with Gasteiger partial charge in [-0.2, -0.15) is 0 Å². The molecule has 1 N–H and O–H groups in total. The number of fused-ring (bicyclic) bond motifs is 3. The Labute approximate surface area is 159 Å². The van der Waals surface area contributed by atoms with Crippen molar-refractivity contribution in [3.05, 3.63) is 41.0 Å². The molecule has 2 saturated carbocycles. The van der Waals surface area contributed by atoms with E-state index in [-0.39, 0.29) is 0 Å². The van der Waals surface area contributed by atoms with Gasteiger partial charge in [-0.25, -0.2) is 0 Å². The molecule has 3 fully saturated rings. The van der Waals surface area contributed by atoms with Crippen LogP contribution in [0.3, 0.4) is 0 Å². The van der Waals surface area contributed by atoms with Crippen LogP contribution in [0.15, 0.2) is 29.8 Å². The van der Waals surface area contributed by atoms with Crippen LogP contribution >= 0.6 is 0 Å². The molecule has 26 heavy (non-hydrogen) atoms. The Bertz CT molecular complexity index is 715. The minimum Gasteiger partial charge on any atom is -0.314 e. The number of nitrogens with one attached hydrogen (secondary N) is 1. The van der Waals surface area contributed by atoms with Gasteiger partial charge >= 0.3 is 0 Å². The summed E-state index contributed by atoms with van der Waals surface area (Å²) in [7, 11) is 0. The molecule has 6 unspecified atom stereocenters. The predicted octanol–water partition coefficient (Wildman–Crippen LogP) is 5.70. The van der Waals surface area contributed by atoms with Crippen molar-refractivity contribution in [2.75, 3.05) is 6.54 Å². The highest BCUT2D eigenvalue weighted by Gasteiger charge is 2.53. The molecule has 5 rings (SSSR count). The fraction of sp³-hybridized carbons (Fsp3) is 0.680. The first-order valence-corrected chi connectivity index (χ1v) is 11.1. The summed E-state index contributed by atoms with van der Waals surface area (Å²) in [5.41, 5.74) is 5.01. The number of hydrogen-bond donors (Lipinski definition) is 1. The third-order valence-corrected chi connectivity index (χ3v) is 8.64. The minimum atomic E-state index is 0.319. The summed E-state index contributed by atoms with van der Waals surface area (Å²) in [6.07, 6.45) is 11.0. The summed E-state index contributed by atoms with van der Waals surface area (Å²) in [4.78, 5) is 0. The van der Waals surface area contributed by atoms with Crippen molar-refractivity contribution in [1.29, 1.82) is 0 Å². The van der Waals surface area contributed by atoms with Crippen molar-refractivity contribution in [2.24, 2.45) is 35.0 Å². The molecule has 1 aromatic carbocycles. The second-order valence-corrected chi connectivity index (χ2v) is 10.4. The van der Waals surface area contributed by atoms with Gasteiger partial charge in [0.2, 0.25) is 0 Å². The number of hydrogen-bond acceptors (Lipinski definition) is 1. The van der Waals surface area contributed by atoms with E-state index in [9.17, 15) is 0 Å². The maximum atomic E-state index is 3.89. The zero-order valence-corrected chi connectivity index (χ0v) is 16.8. The largest absolute Gasteiger partial charge is 0.314 e. The lowest BCUT2D eigenvalue weighted by molar-refractivity contribution is 0.0693. The van der Waals surface area contributed by atoms with Crippen LogP contribution in [0.2, 0.25) is 0 Å². The third-order valence-electron chi connectivity index (χ3n) is 8.64.